The highest BCUT2D eigenvalue weighted by atomic mass is 15.2. The highest BCUT2D eigenvalue weighted by Gasteiger charge is 2.36. The van der Waals surface area contributed by atoms with Crippen LogP contribution in [0, 0.1) is 5.41 Å². The Labute approximate surface area is 177 Å². The zero-order chi connectivity index (χ0) is 21.8. The smallest absolute Gasteiger partial charge is 0.0161 e. The van der Waals surface area contributed by atoms with Crippen LogP contribution in [0.25, 0.3) is 0 Å². The number of hydrogen-bond donors (Lipinski definition) is 0. The van der Waals surface area contributed by atoms with Crippen molar-refractivity contribution >= 4 is 0 Å². The Hall–Kier alpha value is -0.820. The molecule has 0 radical (unpaired) electrons. The zero-order valence-electron chi connectivity index (χ0n) is 21.0. The fraction of sp³-hybridized carbons (Fsp3) is 0.778. The second kappa shape index (κ2) is 9.33. The molecule has 0 aromatic heterocycles. The lowest BCUT2D eigenvalue weighted by Gasteiger charge is -2.42. The molecule has 0 spiro atoms. The van der Waals surface area contributed by atoms with E-state index in [2.05, 4.69) is 91.5 Å². The Bertz CT molecular complexity index is 578. The number of hydrogen-bond acceptors (Lipinski definition) is 1. The minimum atomic E-state index is 0.193. The van der Waals surface area contributed by atoms with Crippen molar-refractivity contribution in [1.29, 1.82) is 0 Å². The zero-order valence-corrected chi connectivity index (χ0v) is 21.0. The summed E-state index contributed by atoms with van der Waals surface area (Å²) in [5, 5.41) is 0. The second-order valence-corrected chi connectivity index (χ2v) is 11.8. The van der Waals surface area contributed by atoms with Crippen molar-refractivity contribution in [3.63, 3.8) is 0 Å². The molecular weight excluding hydrogens is 338 g/mol. The molecule has 162 valence electrons. The quantitative estimate of drug-likeness (QED) is 0.478. The first-order chi connectivity index (χ1) is 12.7. The molecule has 1 fully saturated rings. The monoisotopic (exact) mass is 387 g/mol. The summed E-state index contributed by atoms with van der Waals surface area (Å²) in [6.07, 6.45) is 5.12. The molecule has 1 heterocycles. The van der Waals surface area contributed by atoms with Crippen LogP contribution in [0.2, 0.25) is 0 Å². The van der Waals surface area contributed by atoms with Crippen LogP contribution < -0.4 is 0 Å². The Morgan fingerprint density at radius 1 is 0.643 bits per heavy atom. The summed E-state index contributed by atoms with van der Waals surface area (Å²) in [6, 6.07) is 9.54. The molecule has 0 saturated carbocycles. The van der Waals surface area contributed by atoms with E-state index in [1.54, 1.807) is 0 Å². The van der Waals surface area contributed by atoms with Gasteiger partial charge in [0.25, 0.3) is 0 Å². The van der Waals surface area contributed by atoms with E-state index in [-0.39, 0.29) is 16.4 Å². The first kappa shape index (κ1) is 25.2. The molecule has 0 atom stereocenters. The topological polar surface area (TPSA) is 3.24 Å². The number of rotatable bonds is 6. The summed E-state index contributed by atoms with van der Waals surface area (Å²) in [7, 11) is 0. The van der Waals surface area contributed by atoms with Gasteiger partial charge in [-0.05, 0) is 80.0 Å². The molecule has 1 aliphatic heterocycles. The van der Waals surface area contributed by atoms with E-state index in [0.29, 0.717) is 5.41 Å². The number of likely N-dealkylation sites (tertiary alicyclic amines) is 1. The van der Waals surface area contributed by atoms with Gasteiger partial charge in [0.05, 0.1) is 0 Å². The maximum Gasteiger partial charge on any atom is 0.0161 e. The average molecular weight is 388 g/mol. The minimum Gasteiger partial charge on any atom is -0.298 e. The molecule has 2 rings (SSSR count). The van der Waals surface area contributed by atoms with E-state index in [1.165, 1.54) is 49.9 Å². The average Bonchev–Trinajstić information content (AvgIpc) is 3.09. The van der Waals surface area contributed by atoms with Crippen LogP contribution in [0.1, 0.15) is 113 Å². The normalized spacial score (nSPS) is 16.7. The van der Waals surface area contributed by atoms with Gasteiger partial charge in [0, 0.05) is 5.54 Å². The molecule has 0 N–H and O–H groups in total. The summed E-state index contributed by atoms with van der Waals surface area (Å²) in [5.74, 6) is 0. The van der Waals surface area contributed by atoms with Crippen LogP contribution in [-0.2, 0) is 10.8 Å². The van der Waals surface area contributed by atoms with Gasteiger partial charge in [0.15, 0.2) is 0 Å². The molecule has 1 aliphatic rings. The van der Waals surface area contributed by atoms with Crippen molar-refractivity contribution in [2.75, 3.05) is 13.1 Å². The lowest BCUT2D eigenvalue weighted by atomic mass is 9.70. The SMILES string of the molecule is CC.CC(C)(C)CC(C)(C)c1ccc(C(C)(C)CC(C)(C)N2CCCC2)cc1. The Balaban J connectivity index is 0.00000190. The molecule has 1 aromatic rings. The highest BCUT2D eigenvalue weighted by Crippen LogP contribution is 2.39. The largest absolute Gasteiger partial charge is 0.298 e. The van der Waals surface area contributed by atoms with Gasteiger partial charge in [0.2, 0.25) is 0 Å². The van der Waals surface area contributed by atoms with Crippen molar-refractivity contribution in [2.24, 2.45) is 5.41 Å². The maximum atomic E-state index is 2.69. The molecule has 0 amide bonds. The minimum absolute atomic E-state index is 0.193. The van der Waals surface area contributed by atoms with Crippen molar-refractivity contribution in [2.45, 2.75) is 118 Å². The van der Waals surface area contributed by atoms with Crippen molar-refractivity contribution in [3.8, 4) is 0 Å². The van der Waals surface area contributed by atoms with Gasteiger partial charge < -0.3 is 0 Å². The lowest BCUT2D eigenvalue weighted by molar-refractivity contribution is 0.119. The fourth-order valence-electron chi connectivity index (χ4n) is 5.42. The standard InChI is InChI=1S/C25H43N.C2H6/c1-22(2,3)18-23(4,5)20-12-14-21(15-13-20)24(6,7)19-25(8,9)26-16-10-11-17-26;1-2/h12-15H,10-11,16-19H2,1-9H3;1-2H3. The van der Waals surface area contributed by atoms with Crippen LogP contribution in [0.4, 0.5) is 0 Å². The number of nitrogens with zero attached hydrogens (tertiary/aromatic N) is 1. The molecule has 28 heavy (non-hydrogen) atoms. The van der Waals surface area contributed by atoms with Crippen LogP contribution in [0.15, 0.2) is 24.3 Å². The fourth-order valence-corrected chi connectivity index (χ4v) is 5.42. The second-order valence-electron chi connectivity index (χ2n) is 11.8. The molecule has 0 aliphatic carbocycles. The third kappa shape index (κ3) is 6.90. The van der Waals surface area contributed by atoms with Crippen LogP contribution in [0.5, 0.6) is 0 Å². The van der Waals surface area contributed by atoms with Crippen LogP contribution >= 0.6 is 0 Å². The Morgan fingerprint density at radius 2 is 1.00 bits per heavy atom. The Kier molecular flexibility index (Phi) is 8.40. The van der Waals surface area contributed by atoms with Crippen molar-refractivity contribution < 1.29 is 0 Å². The Morgan fingerprint density at radius 3 is 1.36 bits per heavy atom. The van der Waals surface area contributed by atoms with Gasteiger partial charge in [-0.2, -0.15) is 0 Å². The lowest BCUT2D eigenvalue weighted by Crippen LogP contribution is -2.46. The molecular formula is C27H49N. The van der Waals surface area contributed by atoms with E-state index < -0.39 is 0 Å². The summed E-state index contributed by atoms with van der Waals surface area (Å²) in [4.78, 5) is 2.69. The first-order valence-electron chi connectivity index (χ1n) is 11.6. The predicted molar refractivity (Wildman–Crippen MR) is 127 cm³/mol. The van der Waals surface area contributed by atoms with Gasteiger partial charge in [-0.15, -0.1) is 0 Å². The maximum absolute atomic E-state index is 2.69. The van der Waals surface area contributed by atoms with E-state index in [0.717, 1.165) is 0 Å². The summed E-state index contributed by atoms with van der Waals surface area (Å²) >= 11 is 0. The molecule has 1 heteroatoms. The summed E-state index contributed by atoms with van der Waals surface area (Å²) in [5.41, 5.74) is 3.96. The van der Waals surface area contributed by atoms with Crippen molar-refractivity contribution in [3.05, 3.63) is 35.4 Å². The molecule has 0 bridgehead atoms. The van der Waals surface area contributed by atoms with Crippen LogP contribution in [-0.4, -0.2) is 23.5 Å². The number of benzene rings is 1. The molecule has 1 aromatic carbocycles. The van der Waals surface area contributed by atoms with E-state index >= 15 is 0 Å². The third-order valence-corrected chi connectivity index (χ3v) is 6.26. The van der Waals surface area contributed by atoms with Crippen LogP contribution in [0.3, 0.4) is 0 Å². The van der Waals surface area contributed by atoms with Gasteiger partial charge in [-0.3, -0.25) is 4.90 Å². The van der Waals surface area contributed by atoms with Crippen molar-refractivity contribution in [1.82, 2.24) is 4.90 Å². The van der Waals surface area contributed by atoms with Gasteiger partial charge in [-0.25, -0.2) is 0 Å². The first-order valence-corrected chi connectivity index (χ1v) is 11.6. The van der Waals surface area contributed by atoms with E-state index in [4.69, 9.17) is 0 Å². The predicted octanol–water partition coefficient (Wildman–Crippen LogP) is 7.97. The molecule has 1 saturated heterocycles. The molecule has 1 nitrogen and oxygen atoms in total. The van der Waals surface area contributed by atoms with E-state index in [1.807, 2.05) is 13.8 Å². The summed E-state index contributed by atoms with van der Waals surface area (Å²) < 4.78 is 0. The van der Waals surface area contributed by atoms with E-state index in [9.17, 15) is 0 Å². The third-order valence-electron chi connectivity index (χ3n) is 6.26. The molecule has 0 unspecified atom stereocenters. The van der Waals surface area contributed by atoms with Gasteiger partial charge >= 0.3 is 0 Å². The van der Waals surface area contributed by atoms with Gasteiger partial charge in [-0.1, -0.05) is 86.6 Å². The summed E-state index contributed by atoms with van der Waals surface area (Å²) in [6.45, 7) is 28.0. The van der Waals surface area contributed by atoms with Gasteiger partial charge in [0.1, 0.15) is 0 Å². The highest BCUT2D eigenvalue weighted by molar-refractivity contribution is 5.32.